The Balaban J connectivity index is 2.01. The summed E-state index contributed by atoms with van der Waals surface area (Å²) in [5, 5.41) is 3.53. The van der Waals surface area contributed by atoms with Crippen LogP contribution in [0.1, 0.15) is 55.3 Å². The lowest BCUT2D eigenvalue weighted by atomic mass is 9.96. The molecule has 4 heteroatoms. The van der Waals surface area contributed by atoms with Crippen molar-refractivity contribution in [2.24, 2.45) is 0 Å². The molecule has 1 aromatic carbocycles. The summed E-state index contributed by atoms with van der Waals surface area (Å²) in [7, 11) is 0. The van der Waals surface area contributed by atoms with Gasteiger partial charge in [-0.2, -0.15) is 0 Å². The zero-order valence-electron chi connectivity index (χ0n) is 11.1. The minimum atomic E-state index is -0.106. The number of rotatable bonds is 2. The van der Waals surface area contributed by atoms with Gasteiger partial charge in [0.25, 0.3) is 5.91 Å². The summed E-state index contributed by atoms with van der Waals surface area (Å²) in [5.41, 5.74) is 6.70. The molecule has 3 nitrogen and oxygen atoms in total. The molecule has 0 spiro atoms. The molecule has 1 saturated carbocycles. The molecule has 0 saturated heterocycles. The predicted molar refractivity (Wildman–Crippen MR) is 79.4 cm³/mol. The summed E-state index contributed by atoms with van der Waals surface area (Å²) < 4.78 is 0. The average Bonchev–Trinajstić information content (AvgIpc) is 2.35. The molecule has 1 aliphatic carbocycles. The third-order valence-electron chi connectivity index (χ3n) is 3.74. The molecule has 19 heavy (non-hydrogen) atoms. The molecule has 1 aliphatic rings. The van der Waals surface area contributed by atoms with Crippen molar-refractivity contribution < 1.29 is 4.79 Å². The first-order chi connectivity index (χ1) is 9.18. The molecular formula is C15H21ClN2O. The Bertz CT molecular complexity index is 440. The number of para-hydroxylation sites is 1. The minimum Gasteiger partial charge on any atom is -0.397 e. The normalized spacial score (nSPS) is 17.5. The van der Waals surface area contributed by atoms with Crippen LogP contribution in [0.2, 0.25) is 5.02 Å². The molecule has 2 rings (SSSR count). The fourth-order valence-electron chi connectivity index (χ4n) is 2.60. The number of benzene rings is 1. The number of halogens is 1. The van der Waals surface area contributed by atoms with E-state index in [1.54, 1.807) is 18.2 Å². The third-order valence-corrected chi connectivity index (χ3v) is 4.07. The van der Waals surface area contributed by atoms with Crippen LogP contribution in [0.4, 0.5) is 5.69 Å². The van der Waals surface area contributed by atoms with E-state index in [0.29, 0.717) is 16.3 Å². The highest BCUT2D eigenvalue weighted by Crippen LogP contribution is 2.23. The molecule has 3 N–H and O–H groups in total. The summed E-state index contributed by atoms with van der Waals surface area (Å²) in [6.45, 7) is 0. The third kappa shape index (κ3) is 3.87. The van der Waals surface area contributed by atoms with Gasteiger partial charge >= 0.3 is 0 Å². The lowest BCUT2D eigenvalue weighted by molar-refractivity contribution is 0.0931. The van der Waals surface area contributed by atoms with E-state index in [2.05, 4.69) is 5.32 Å². The molecule has 0 heterocycles. The van der Waals surface area contributed by atoms with Gasteiger partial charge in [0.2, 0.25) is 0 Å². The molecule has 1 amide bonds. The highest BCUT2D eigenvalue weighted by molar-refractivity contribution is 6.33. The molecular weight excluding hydrogens is 260 g/mol. The molecule has 0 unspecified atom stereocenters. The SMILES string of the molecule is Nc1c(Cl)cccc1C(=O)NC1CCCCCCC1. The molecule has 0 aliphatic heterocycles. The van der Waals surface area contributed by atoms with Gasteiger partial charge in [0.1, 0.15) is 0 Å². The maximum absolute atomic E-state index is 12.2. The van der Waals surface area contributed by atoms with E-state index in [1.165, 1.54) is 32.1 Å². The zero-order chi connectivity index (χ0) is 13.7. The zero-order valence-corrected chi connectivity index (χ0v) is 11.9. The lowest BCUT2D eigenvalue weighted by Crippen LogP contribution is -2.35. The number of hydrogen-bond donors (Lipinski definition) is 2. The van der Waals surface area contributed by atoms with Crippen molar-refractivity contribution in [2.75, 3.05) is 5.73 Å². The second-order valence-electron chi connectivity index (χ2n) is 5.22. The summed E-state index contributed by atoms with van der Waals surface area (Å²) in [6.07, 6.45) is 8.36. The van der Waals surface area contributed by atoms with Crippen molar-refractivity contribution in [3.8, 4) is 0 Å². The van der Waals surface area contributed by atoms with E-state index >= 15 is 0 Å². The van der Waals surface area contributed by atoms with E-state index in [-0.39, 0.29) is 11.9 Å². The number of carbonyl (C=O) groups excluding carboxylic acids is 1. The van der Waals surface area contributed by atoms with Crippen molar-refractivity contribution in [3.05, 3.63) is 28.8 Å². The van der Waals surface area contributed by atoms with Gasteiger partial charge in [-0.05, 0) is 25.0 Å². The topological polar surface area (TPSA) is 55.1 Å². The van der Waals surface area contributed by atoms with Crippen molar-refractivity contribution in [1.82, 2.24) is 5.32 Å². The molecule has 0 aromatic heterocycles. The average molecular weight is 281 g/mol. The van der Waals surface area contributed by atoms with Gasteiger partial charge in [-0.1, -0.05) is 49.8 Å². The Hall–Kier alpha value is -1.22. The number of nitrogens with one attached hydrogen (secondary N) is 1. The Morgan fingerprint density at radius 2 is 1.79 bits per heavy atom. The van der Waals surface area contributed by atoms with E-state index in [4.69, 9.17) is 17.3 Å². The maximum atomic E-state index is 12.2. The van der Waals surface area contributed by atoms with Gasteiger partial charge in [-0.3, -0.25) is 4.79 Å². The van der Waals surface area contributed by atoms with Crippen molar-refractivity contribution >= 4 is 23.2 Å². The molecule has 104 valence electrons. The van der Waals surface area contributed by atoms with Crippen LogP contribution in [-0.2, 0) is 0 Å². The van der Waals surface area contributed by atoms with Gasteiger partial charge in [-0.15, -0.1) is 0 Å². The van der Waals surface area contributed by atoms with Crippen molar-refractivity contribution in [3.63, 3.8) is 0 Å². The van der Waals surface area contributed by atoms with E-state index in [0.717, 1.165) is 12.8 Å². The standard InChI is InChI=1S/C15H21ClN2O/c16-13-10-6-9-12(14(13)17)15(19)18-11-7-4-2-1-3-5-8-11/h6,9-11H,1-5,7-8,17H2,(H,18,19). The number of anilines is 1. The van der Waals surface area contributed by atoms with E-state index in [1.807, 2.05) is 0 Å². The molecule has 1 aromatic rings. The van der Waals surface area contributed by atoms with Gasteiger partial charge in [0.05, 0.1) is 16.3 Å². The molecule has 0 radical (unpaired) electrons. The largest absolute Gasteiger partial charge is 0.397 e. The van der Waals surface area contributed by atoms with Gasteiger partial charge in [0, 0.05) is 6.04 Å². The van der Waals surface area contributed by atoms with Crippen LogP contribution < -0.4 is 11.1 Å². The predicted octanol–water partition coefficient (Wildman–Crippen LogP) is 3.76. The fraction of sp³-hybridized carbons (Fsp3) is 0.533. The van der Waals surface area contributed by atoms with E-state index in [9.17, 15) is 4.79 Å². The Morgan fingerprint density at radius 1 is 1.16 bits per heavy atom. The Labute approximate surface area is 119 Å². The van der Waals surface area contributed by atoms with E-state index < -0.39 is 0 Å². The Kier molecular flexibility index (Phi) is 5.08. The highest BCUT2D eigenvalue weighted by Gasteiger charge is 2.17. The Morgan fingerprint density at radius 3 is 2.47 bits per heavy atom. The van der Waals surface area contributed by atoms with Gasteiger partial charge in [-0.25, -0.2) is 0 Å². The second-order valence-corrected chi connectivity index (χ2v) is 5.62. The quantitative estimate of drug-likeness (QED) is 0.811. The second kappa shape index (κ2) is 6.80. The number of amides is 1. The van der Waals surface area contributed by atoms with Gasteiger partial charge < -0.3 is 11.1 Å². The first-order valence-electron chi connectivity index (χ1n) is 7.03. The summed E-state index contributed by atoms with van der Waals surface area (Å²) in [5.74, 6) is -0.106. The van der Waals surface area contributed by atoms with Crippen LogP contribution in [0.25, 0.3) is 0 Å². The monoisotopic (exact) mass is 280 g/mol. The van der Waals surface area contributed by atoms with Crippen LogP contribution >= 0.6 is 11.6 Å². The lowest BCUT2D eigenvalue weighted by Gasteiger charge is -2.21. The van der Waals surface area contributed by atoms with Gasteiger partial charge in [0.15, 0.2) is 0 Å². The number of nitrogens with two attached hydrogens (primary N) is 1. The van der Waals surface area contributed by atoms with Crippen molar-refractivity contribution in [2.45, 2.75) is 51.0 Å². The summed E-state index contributed by atoms with van der Waals surface area (Å²) >= 11 is 5.94. The summed E-state index contributed by atoms with van der Waals surface area (Å²) in [6, 6.07) is 5.44. The van der Waals surface area contributed by atoms with Crippen LogP contribution in [0.5, 0.6) is 0 Å². The smallest absolute Gasteiger partial charge is 0.253 e. The maximum Gasteiger partial charge on any atom is 0.253 e. The molecule has 1 fully saturated rings. The van der Waals surface area contributed by atoms with Crippen LogP contribution in [0.3, 0.4) is 0 Å². The first-order valence-corrected chi connectivity index (χ1v) is 7.41. The first kappa shape index (κ1) is 14.2. The summed E-state index contributed by atoms with van der Waals surface area (Å²) in [4.78, 5) is 12.2. The number of carbonyl (C=O) groups is 1. The van der Waals surface area contributed by atoms with Crippen LogP contribution in [-0.4, -0.2) is 11.9 Å². The molecule has 0 atom stereocenters. The van der Waals surface area contributed by atoms with Crippen LogP contribution in [0, 0.1) is 0 Å². The number of nitrogen functional groups attached to an aromatic ring is 1. The number of hydrogen-bond acceptors (Lipinski definition) is 2. The highest BCUT2D eigenvalue weighted by atomic mass is 35.5. The van der Waals surface area contributed by atoms with Crippen molar-refractivity contribution in [1.29, 1.82) is 0 Å². The minimum absolute atomic E-state index is 0.106. The van der Waals surface area contributed by atoms with Crippen LogP contribution in [0.15, 0.2) is 18.2 Å². The molecule has 0 bridgehead atoms. The fourth-order valence-corrected chi connectivity index (χ4v) is 2.77.